The fourth-order valence-corrected chi connectivity index (χ4v) is 4.00. The van der Waals surface area contributed by atoms with Gasteiger partial charge in [0.25, 0.3) is 5.91 Å². The Morgan fingerprint density at radius 3 is 2.71 bits per heavy atom. The molecule has 1 fully saturated rings. The van der Waals surface area contributed by atoms with Gasteiger partial charge in [0.15, 0.2) is 0 Å². The lowest BCUT2D eigenvalue weighted by Crippen LogP contribution is -2.41. The van der Waals surface area contributed by atoms with Gasteiger partial charge in [-0.3, -0.25) is 4.79 Å². The largest absolute Gasteiger partial charge is 0.351 e. The molecule has 1 aliphatic carbocycles. The number of rotatable bonds is 5. The van der Waals surface area contributed by atoms with E-state index in [0.717, 1.165) is 18.7 Å². The lowest BCUT2D eigenvalue weighted by Gasteiger charge is -2.35. The van der Waals surface area contributed by atoms with Gasteiger partial charge < -0.3 is 5.32 Å². The molecule has 0 unspecified atom stereocenters. The highest BCUT2D eigenvalue weighted by molar-refractivity contribution is 8.00. The third kappa shape index (κ3) is 4.36. The zero-order valence-electron chi connectivity index (χ0n) is 12.7. The van der Waals surface area contributed by atoms with Crippen LogP contribution in [-0.2, 0) is 6.42 Å². The van der Waals surface area contributed by atoms with Crippen molar-refractivity contribution in [2.75, 3.05) is 12.8 Å². The lowest BCUT2D eigenvalue weighted by molar-refractivity contribution is 0.0946. The van der Waals surface area contributed by atoms with Gasteiger partial charge in [0.2, 0.25) is 0 Å². The third-order valence-corrected chi connectivity index (χ3v) is 5.85. The normalized spacial score (nSPS) is 17.5. The molecule has 1 aromatic heterocycles. The van der Waals surface area contributed by atoms with Crippen LogP contribution in [0.2, 0.25) is 5.15 Å². The summed E-state index contributed by atoms with van der Waals surface area (Å²) in [5.74, 6) is -0.0481. The highest BCUT2D eigenvalue weighted by Crippen LogP contribution is 2.38. The van der Waals surface area contributed by atoms with Gasteiger partial charge in [-0.15, -0.1) is 0 Å². The second-order valence-electron chi connectivity index (χ2n) is 5.65. The molecule has 0 aromatic carbocycles. The first kappa shape index (κ1) is 16.6. The average Bonchev–Trinajstić information content (AvgIpc) is 2.52. The number of amides is 1. The smallest absolute Gasteiger partial charge is 0.251 e. The topological polar surface area (TPSA) is 42.0 Å². The summed E-state index contributed by atoms with van der Waals surface area (Å²) in [5, 5.41) is 3.48. The van der Waals surface area contributed by atoms with Gasteiger partial charge >= 0.3 is 0 Å². The number of carbonyl (C=O) groups excluding carboxylic acids is 1. The molecule has 0 spiro atoms. The van der Waals surface area contributed by atoms with Crippen molar-refractivity contribution >= 4 is 29.3 Å². The van der Waals surface area contributed by atoms with Gasteiger partial charge in [-0.05, 0) is 37.7 Å². The predicted molar refractivity (Wildman–Crippen MR) is 90.3 cm³/mol. The maximum atomic E-state index is 12.4. The Bertz CT molecular complexity index is 501. The summed E-state index contributed by atoms with van der Waals surface area (Å²) < 4.78 is 0.207. The minimum absolute atomic E-state index is 0.0481. The molecule has 1 aliphatic rings. The molecule has 2 rings (SSSR count). The number of aryl methyl sites for hydroxylation is 1. The minimum atomic E-state index is -0.0481. The molecule has 116 valence electrons. The minimum Gasteiger partial charge on any atom is -0.351 e. The van der Waals surface area contributed by atoms with Crippen molar-refractivity contribution in [3.63, 3.8) is 0 Å². The Morgan fingerprint density at radius 1 is 1.38 bits per heavy atom. The molecule has 1 aromatic rings. The number of aromatic nitrogens is 1. The molecule has 3 nitrogen and oxygen atoms in total. The lowest BCUT2D eigenvalue weighted by atomic mass is 9.88. The number of thioether (sulfide) groups is 1. The average molecular weight is 327 g/mol. The Balaban J connectivity index is 2.02. The summed E-state index contributed by atoms with van der Waals surface area (Å²) in [6, 6.07) is 3.47. The van der Waals surface area contributed by atoms with Gasteiger partial charge in [-0.1, -0.05) is 37.8 Å². The van der Waals surface area contributed by atoms with Gasteiger partial charge in [-0.25, -0.2) is 4.98 Å². The van der Waals surface area contributed by atoms with Crippen LogP contribution in [0.5, 0.6) is 0 Å². The van der Waals surface area contributed by atoms with Gasteiger partial charge in [0, 0.05) is 22.5 Å². The number of pyridine rings is 1. The highest BCUT2D eigenvalue weighted by Gasteiger charge is 2.31. The maximum Gasteiger partial charge on any atom is 0.251 e. The van der Waals surface area contributed by atoms with Crippen LogP contribution in [0.25, 0.3) is 0 Å². The van der Waals surface area contributed by atoms with Crippen LogP contribution >= 0.6 is 23.4 Å². The molecular formula is C16H23ClN2OS. The summed E-state index contributed by atoms with van der Waals surface area (Å²) in [4.78, 5) is 16.6. The van der Waals surface area contributed by atoms with E-state index >= 15 is 0 Å². The number of nitrogens with one attached hydrogen (secondary N) is 1. The second-order valence-corrected chi connectivity index (χ2v) is 7.32. The fraction of sp³-hybridized carbons (Fsp3) is 0.625. The number of hydrogen-bond donors (Lipinski definition) is 1. The van der Waals surface area contributed by atoms with Gasteiger partial charge in [0.1, 0.15) is 5.15 Å². The molecule has 1 N–H and O–H groups in total. The second kappa shape index (κ2) is 7.50. The van der Waals surface area contributed by atoms with Crippen molar-refractivity contribution in [3.05, 3.63) is 28.5 Å². The SMILES string of the molecule is CCc1cc(C(=O)NCC2(SC)CCCCC2)cc(Cl)n1. The van der Waals surface area contributed by atoms with E-state index in [2.05, 4.69) is 16.6 Å². The number of hydrogen-bond acceptors (Lipinski definition) is 3. The van der Waals surface area contributed by atoms with E-state index in [1.54, 1.807) is 6.07 Å². The van der Waals surface area contributed by atoms with Crippen LogP contribution in [0.4, 0.5) is 0 Å². The highest BCUT2D eigenvalue weighted by atomic mass is 35.5. The van der Waals surface area contributed by atoms with E-state index in [0.29, 0.717) is 10.7 Å². The zero-order valence-corrected chi connectivity index (χ0v) is 14.3. The van der Waals surface area contributed by atoms with E-state index in [-0.39, 0.29) is 10.7 Å². The first-order chi connectivity index (χ1) is 10.1. The van der Waals surface area contributed by atoms with Crippen LogP contribution in [0.3, 0.4) is 0 Å². The first-order valence-electron chi connectivity index (χ1n) is 7.58. The van der Waals surface area contributed by atoms with Crippen molar-refractivity contribution in [1.29, 1.82) is 0 Å². The van der Waals surface area contributed by atoms with Crippen LogP contribution in [0, 0.1) is 0 Å². The van der Waals surface area contributed by atoms with Crippen molar-refractivity contribution < 1.29 is 4.79 Å². The van der Waals surface area contributed by atoms with Crippen molar-refractivity contribution in [2.45, 2.75) is 50.2 Å². The number of carbonyl (C=O) groups is 1. The fourth-order valence-electron chi connectivity index (χ4n) is 2.86. The molecule has 1 saturated carbocycles. The molecule has 0 aliphatic heterocycles. The number of nitrogens with zero attached hydrogens (tertiary/aromatic N) is 1. The summed E-state index contributed by atoms with van der Waals surface area (Å²) in [6.07, 6.45) is 9.13. The van der Waals surface area contributed by atoms with E-state index < -0.39 is 0 Å². The molecule has 1 amide bonds. The molecule has 0 saturated heterocycles. The Kier molecular flexibility index (Phi) is 5.94. The van der Waals surface area contributed by atoms with Crippen LogP contribution in [0.1, 0.15) is 55.1 Å². The Hall–Kier alpha value is -0.740. The van der Waals surface area contributed by atoms with E-state index in [9.17, 15) is 4.79 Å². The molecule has 0 atom stereocenters. The Labute approximate surface area is 136 Å². The summed E-state index contributed by atoms with van der Waals surface area (Å²) in [5.41, 5.74) is 1.46. The van der Waals surface area contributed by atoms with E-state index in [4.69, 9.17) is 11.6 Å². The predicted octanol–water partition coefficient (Wildman–Crippen LogP) is 4.09. The van der Waals surface area contributed by atoms with Crippen molar-refractivity contribution in [2.24, 2.45) is 0 Å². The zero-order chi connectivity index (χ0) is 15.3. The van der Waals surface area contributed by atoms with Crippen molar-refractivity contribution in [3.8, 4) is 0 Å². The van der Waals surface area contributed by atoms with Gasteiger partial charge in [0.05, 0.1) is 0 Å². The quantitative estimate of drug-likeness (QED) is 0.828. The van der Waals surface area contributed by atoms with E-state index in [1.807, 2.05) is 24.8 Å². The molecule has 0 bridgehead atoms. The third-order valence-electron chi connectivity index (χ3n) is 4.24. The number of halogens is 1. The summed E-state index contributed by atoms with van der Waals surface area (Å²) >= 11 is 7.87. The molecular weight excluding hydrogens is 304 g/mol. The first-order valence-corrected chi connectivity index (χ1v) is 9.18. The van der Waals surface area contributed by atoms with Crippen molar-refractivity contribution in [1.82, 2.24) is 10.3 Å². The van der Waals surface area contributed by atoms with Crippen LogP contribution in [-0.4, -0.2) is 28.4 Å². The monoisotopic (exact) mass is 326 g/mol. The Morgan fingerprint density at radius 2 is 2.10 bits per heavy atom. The molecule has 5 heteroatoms. The summed E-state index contributed by atoms with van der Waals surface area (Å²) in [6.45, 7) is 2.74. The molecule has 21 heavy (non-hydrogen) atoms. The van der Waals surface area contributed by atoms with E-state index in [1.165, 1.54) is 32.1 Å². The molecule has 1 heterocycles. The van der Waals surface area contributed by atoms with Crippen LogP contribution < -0.4 is 5.32 Å². The summed E-state index contributed by atoms with van der Waals surface area (Å²) in [7, 11) is 0. The maximum absolute atomic E-state index is 12.4. The van der Waals surface area contributed by atoms with Crippen LogP contribution in [0.15, 0.2) is 12.1 Å². The van der Waals surface area contributed by atoms with Gasteiger partial charge in [-0.2, -0.15) is 11.8 Å². The molecule has 0 radical (unpaired) electrons. The standard InChI is InChI=1S/C16H23ClN2OS/c1-3-13-9-12(10-14(17)19-13)15(20)18-11-16(21-2)7-5-4-6-8-16/h9-10H,3-8,11H2,1-2H3,(H,18,20).